The zero-order chi connectivity index (χ0) is 16.3. The van der Waals surface area contributed by atoms with Crippen LogP contribution in [-0.2, 0) is 11.2 Å². The summed E-state index contributed by atoms with van der Waals surface area (Å²) >= 11 is 0. The van der Waals surface area contributed by atoms with Gasteiger partial charge in [0.15, 0.2) is 5.69 Å². The topological polar surface area (TPSA) is 43.4 Å². The molecule has 0 saturated carbocycles. The summed E-state index contributed by atoms with van der Waals surface area (Å²) in [7, 11) is 0. The number of para-hydroxylation sites is 1. The quantitative estimate of drug-likeness (QED) is 0.495. The van der Waals surface area contributed by atoms with Gasteiger partial charge in [-0.1, -0.05) is 42.5 Å². The molecule has 5 rings (SSSR count). The van der Waals surface area contributed by atoms with E-state index in [-0.39, 0.29) is 12.3 Å². The molecule has 0 bridgehead atoms. The second-order valence-electron chi connectivity index (χ2n) is 6.18. The smallest absolute Gasteiger partial charge is 0.328 e. The lowest BCUT2D eigenvalue weighted by atomic mass is 9.99. The van der Waals surface area contributed by atoms with Crippen LogP contribution in [0.2, 0.25) is 0 Å². The van der Waals surface area contributed by atoms with Gasteiger partial charge in [0.2, 0.25) is 0 Å². The van der Waals surface area contributed by atoms with Crippen molar-refractivity contribution in [1.82, 2.24) is 4.65 Å². The number of carbonyl (C=O) groups is 1. The highest BCUT2D eigenvalue weighted by molar-refractivity contribution is 6.11. The number of fused-ring (bicyclic) bond motifs is 2. The molecule has 4 heteroatoms. The maximum absolute atomic E-state index is 13.2. The summed E-state index contributed by atoms with van der Waals surface area (Å²) in [5.41, 5.74) is 3.17. The number of hydrogen-bond acceptors (Lipinski definition) is 3. The monoisotopic (exact) mass is 314 g/mol. The van der Waals surface area contributed by atoms with Crippen molar-refractivity contribution < 1.29 is 4.79 Å². The highest BCUT2D eigenvalue weighted by Gasteiger charge is 2.45. The Morgan fingerprint density at radius 2 is 1.75 bits per heavy atom. The Labute approximate surface area is 139 Å². The summed E-state index contributed by atoms with van der Waals surface area (Å²) in [5.74, 6) is -0.327. The van der Waals surface area contributed by atoms with E-state index in [1.165, 1.54) is 6.20 Å². The van der Waals surface area contributed by atoms with Gasteiger partial charge in [0.1, 0.15) is 11.9 Å². The molecule has 4 nitrogen and oxygen atoms in total. The SMILES string of the molecule is O=C1Cc2c3c(cc4ccccc24)N(c2ccccc2)C=C[N+]13[O-]. The van der Waals surface area contributed by atoms with Crippen LogP contribution in [0.25, 0.3) is 10.8 Å². The molecule has 1 amide bonds. The molecule has 0 N–H and O–H groups in total. The lowest BCUT2D eigenvalue weighted by Gasteiger charge is -2.38. The largest absolute Gasteiger partial charge is 0.615 e. The number of nitrogens with zero attached hydrogens (tertiary/aromatic N) is 2. The summed E-state index contributed by atoms with van der Waals surface area (Å²) in [6.45, 7) is 0. The molecule has 2 heterocycles. The number of hydroxylamine groups is 2. The van der Waals surface area contributed by atoms with E-state index in [0.29, 0.717) is 5.69 Å². The van der Waals surface area contributed by atoms with Gasteiger partial charge >= 0.3 is 5.91 Å². The van der Waals surface area contributed by atoms with Crippen LogP contribution in [0.15, 0.2) is 73.1 Å². The van der Waals surface area contributed by atoms with E-state index in [1.807, 2.05) is 65.6 Å². The zero-order valence-electron chi connectivity index (χ0n) is 12.8. The van der Waals surface area contributed by atoms with E-state index in [4.69, 9.17) is 0 Å². The Bertz CT molecular complexity index is 1030. The van der Waals surface area contributed by atoms with E-state index in [0.717, 1.165) is 27.7 Å². The average Bonchev–Trinajstić information content (AvgIpc) is 2.89. The third kappa shape index (κ3) is 1.61. The summed E-state index contributed by atoms with van der Waals surface area (Å²) in [6, 6.07) is 19.8. The number of amides is 1. The van der Waals surface area contributed by atoms with Gasteiger partial charge < -0.3 is 10.1 Å². The highest BCUT2D eigenvalue weighted by atomic mass is 16.6. The molecule has 2 aliphatic rings. The van der Waals surface area contributed by atoms with E-state index < -0.39 is 4.65 Å². The summed E-state index contributed by atoms with van der Waals surface area (Å²) in [6.07, 6.45) is 3.34. The van der Waals surface area contributed by atoms with Crippen molar-refractivity contribution >= 4 is 33.7 Å². The maximum atomic E-state index is 13.2. The van der Waals surface area contributed by atoms with Crippen LogP contribution < -0.4 is 9.55 Å². The molecule has 0 fully saturated rings. The average molecular weight is 314 g/mol. The van der Waals surface area contributed by atoms with Crippen LogP contribution in [0, 0.1) is 5.21 Å². The van der Waals surface area contributed by atoms with Crippen molar-refractivity contribution in [1.29, 1.82) is 0 Å². The number of hydrogen-bond donors (Lipinski definition) is 0. The first-order chi connectivity index (χ1) is 11.7. The van der Waals surface area contributed by atoms with Gasteiger partial charge in [0, 0.05) is 11.3 Å². The summed E-state index contributed by atoms with van der Waals surface area (Å²) in [4.78, 5) is 14.4. The fourth-order valence-corrected chi connectivity index (χ4v) is 3.73. The Morgan fingerprint density at radius 3 is 2.58 bits per heavy atom. The summed E-state index contributed by atoms with van der Waals surface area (Å²) < 4.78 is -0.987. The first kappa shape index (κ1) is 13.5. The normalized spacial score (nSPS) is 21.4. The minimum absolute atomic E-state index is 0.181. The van der Waals surface area contributed by atoms with E-state index in [9.17, 15) is 10.0 Å². The predicted molar refractivity (Wildman–Crippen MR) is 95.5 cm³/mol. The van der Waals surface area contributed by atoms with Crippen molar-refractivity contribution in [3.8, 4) is 0 Å². The van der Waals surface area contributed by atoms with Gasteiger partial charge in [-0.2, -0.15) is 0 Å². The van der Waals surface area contributed by atoms with Gasteiger partial charge in [0.05, 0.1) is 12.6 Å². The molecule has 116 valence electrons. The molecule has 3 aromatic carbocycles. The molecule has 0 spiro atoms. The van der Waals surface area contributed by atoms with Gasteiger partial charge in [-0.25, -0.2) is 9.44 Å². The Kier molecular flexibility index (Phi) is 2.55. The number of rotatable bonds is 1. The Hall–Kier alpha value is -2.95. The maximum Gasteiger partial charge on any atom is 0.328 e. The molecular formula is C20H14N2O2. The second-order valence-corrected chi connectivity index (χ2v) is 6.18. The third-order valence-corrected chi connectivity index (χ3v) is 4.86. The van der Waals surface area contributed by atoms with Gasteiger partial charge in [-0.3, -0.25) is 0 Å². The Balaban J connectivity index is 1.87. The van der Waals surface area contributed by atoms with Crippen molar-refractivity contribution in [3.63, 3.8) is 0 Å². The minimum atomic E-state index is -0.987. The van der Waals surface area contributed by atoms with Crippen LogP contribution in [0.4, 0.5) is 17.1 Å². The number of quaternary nitrogens is 1. The van der Waals surface area contributed by atoms with Crippen LogP contribution in [0.5, 0.6) is 0 Å². The van der Waals surface area contributed by atoms with Crippen molar-refractivity contribution in [2.75, 3.05) is 4.90 Å². The molecular weight excluding hydrogens is 300 g/mol. The zero-order valence-corrected chi connectivity index (χ0v) is 12.8. The molecule has 24 heavy (non-hydrogen) atoms. The van der Waals surface area contributed by atoms with E-state index >= 15 is 0 Å². The molecule has 0 aromatic heterocycles. The van der Waals surface area contributed by atoms with Gasteiger partial charge in [0.25, 0.3) is 0 Å². The van der Waals surface area contributed by atoms with Crippen molar-refractivity contribution in [3.05, 3.63) is 83.8 Å². The van der Waals surface area contributed by atoms with Crippen LogP contribution >= 0.6 is 0 Å². The lowest BCUT2D eigenvalue weighted by molar-refractivity contribution is -0.124. The number of benzene rings is 3. The van der Waals surface area contributed by atoms with Crippen LogP contribution in [0.1, 0.15) is 5.56 Å². The molecule has 1 unspecified atom stereocenters. The molecule has 2 aliphatic heterocycles. The fraction of sp³-hybridized carbons (Fsp3) is 0.0500. The third-order valence-electron chi connectivity index (χ3n) is 4.86. The highest BCUT2D eigenvalue weighted by Crippen LogP contribution is 2.50. The summed E-state index contributed by atoms with van der Waals surface area (Å²) in [5, 5.41) is 15.2. The number of anilines is 2. The minimum Gasteiger partial charge on any atom is -0.615 e. The van der Waals surface area contributed by atoms with E-state index in [1.54, 1.807) is 6.20 Å². The van der Waals surface area contributed by atoms with Crippen LogP contribution in [-0.4, -0.2) is 5.91 Å². The first-order valence-electron chi connectivity index (χ1n) is 7.90. The second kappa shape index (κ2) is 4.54. The molecule has 0 aliphatic carbocycles. The molecule has 3 aromatic rings. The molecule has 0 radical (unpaired) electrons. The molecule has 1 atom stereocenters. The molecule has 0 saturated heterocycles. The standard InChI is InChI=1S/C20H14N2O2/c23-19-13-17-16-9-5-4-6-14(16)12-18-20(17)22(19,24)11-10-21(18)15-7-2-1-3-8-15/h1-12H,13H2. The van der Waals surface area contributed by atoms with Crippen LogP contribution in [0.3, 0.4) is 0 Å². The van der Waals surface area contributed by atoms with Gasteiger partial charge in [-0.15, -0.1) is 0 Å². The predicted octanol–water partition coefficient (Wildman–Crippen LogP) is 4.35. The lowest BCUT2D eigenvalue weighted by Crippen LogP contribution is -2.43. The van der Waals surface area contributed by atoms with E-state index in [2.05, 4.69) is 0 Å². The fourth-order valence-electron chi connectivity index (χ4n) is 3.73. The first-order valence-corrected chi connectivity index (χ1v) is 7.90. The van der Waals surface area contributed by atoms with Crippen molar-refractivity contribution in [2.45, 2.75) is 6.42 Å². The van der Waals surface area contributed by atoms with Crippen molar-refractivity contribution in [2.24, 2.45) is 0 Å². The van der Waals surface area contributed by atoms with Gasteiger partial charge in [-0.05, 0) is 29.0 Å². The Morgan fingerprint density at radius 1 is 1.00 bits per heavy atom. The number of carbonyl (C=O) groups excluding carboxylic acids is 1.